The smallest absolute Gasteiger partial charge is 0.328 e. The maximum Gasteiger partial charge on any atom is 0.328 e. The van der Waals surface area contributed by atoms with Crippen LogP contribution >= 0.6 is 23.4 Å². The Hall–Kier alpha value is -2.92. The van der Waals surface area contributed by atoms with E-state index in [0.29, 0.717) is 24.8 Å². The molecule has 216 valence electrons. The van der Waals surface area contributed by atoms with Crippen molar-refractivity contribution in [3.05, 3.63) is 76.6 Å². The van der Waals surface area contributed by atoms with E-state index in [4.69, 9.17) is 31.5 Å². The Morgan fingerprint density at radius 2 is 1.80 bits per heavy atom. The van der Waals surface area contributed by atoms with Gasteiger partial charge in [-0.2, -0.15) is 0 Å². The molecule has 0 radical (unpaired) electrons. The van der Waals surface area contributed by atoms with E-state index in [1.165, 1.54) is 17.7 Å². The molecule has 8 nitrogen and oxygen atoms in total. The number of hydrogen-bond acceptors (Lipinski definition) is 7. The first kappa shape index (κ1) is 31.6. The molecule has 1 fully saturated rings. The molecule has 2 aromatic rings. The van der Waals surface area contributed by atoms with E-state index in [0.717, 1.165) is 79.1 Å². The molecule has 2 heterocycles. The Labute approximate surface area is 243 Å². The summed E-state index contributed by atoms with van der Waals surface area (Å²) >= 11 is 7.92. The van der Waals surface area contributed by atoms with Crippen LogP contribution in [0.4, 0.5) is 10.1 Å². The Bertz CT molecular complexity index is 1170. The van der Waals surface area contributed by atoms with Crippen LogP contribution < -0.4 is 0 Å². The molecule has 2 N–H and O–H groups in total. The fraction of sp³-hybridized carbons (Fsp3) is 0.414. The van der Waals surface area contributed by atoms with Crippen LogP contribution in [0, 0.1) is 5.82 Å². The van der Waals surface area contributed by atoms with Gasteiger partial charge >= 0.3 is 11.9 Å². The summed E-state index contributed by atoms with van der Waals surface area (Å²) in [4.78, 5) is 28.9. The number of halogens is 2. The molecule has 2 aliphatic rings. The molecule has 0 amide bonds. The molecule has 1 saturated heterocycles. The molecule has 4 rings (SSSR count). The summed E-state index contributed by atoms with van der Waals surface area (Å²) in [7, 11) is 2.18. The quantitative estimate of drug-likeness (QED) is 0.277. The summed E-state index contributed by atoms with van der Waals surface area (Å²) < 4.78 is 18.7. The van der Waals surface area contributed by atoms with Gasteiger partial charge < -0.3 is 24.7 Å². The number of hydrogen-bond donors (Lipinski definition) is 2. The zero-order chi connectivity index (χ0) is 28.9. The van der Waals surface area contributed by atoms with Crippen LogP contribution in [0.15, 0.2) is 59.6 Å². The fourth-order valence-electron chi connectivity index (χ4n) is 4.40. The average molecular weight is 592 g/mol. The minimum Gasteiger partial charge on any atom is -0.478 e. The molecule has 0 bridgehead atoms. The number of rotatable bonds is 10. The number of ether oxygens (including phenoxy) is 1. The minimum atomic E-state index is -1.26. The molecule has 0 atom stereocenters. The normalized spacial score (nSPS) is 15.6. The third-order valence-electron chi connectivity index (χ3n) is 6.60. The highest BCUT2D eigenvalue weighted by Crippen LogP contribution is 2.34. The Kier molecular flexibility index (Phi) is 12.9. The Morgan fingerprint density at radius 3 is 2.45 bits per heavy atom. The highest BCUT2D eigenvalue weighted by Gasteiger charge is 2.26. The number of fused-ring (bicyclic) bond motifs is 1. The molecule has 0 aliphatic carbocycles. The number of carboxylic acids is 2. The fourth-order valence-corrected chi connectivity index (χ4v) is 5.63. The number of amidine groups is 1. The lowest BCUT2D eigenvalue weighted by molar-refractivity contribution is -0.134. The first-order valence-corrected chi connectivity index (χ1v) is 14.5. The zero-order valence-corrected chi connectivity index (χ0v) is 24.0. The topological polar surface area (TPSA) is 103 Å². The summed E-state index contributed by atoms with van der Waals surface area (Å²) in [5.41, 5.74) is 3.38. The summed E-state index contributed by atoms with van der Waals surface area (Å²) in [5.74, 6) is -1.77. The van der Waals surface area contributed by atoms with Crippen LogP contribution in [0.2, 0.25) is 5.02 Å². The molecular weight excluding hydrogens is 557 g/mol. The van der Waals surface area contributed by atoms with Crippen molar-refractivity contribution in [1.29, 1.82) is 0 Å². The van der Waals surface area contributed by atoms with Gasteiger partial charge in [0.15, 0.2) is 5.17 Å². The SMILES string of the molecule is CN(C1=Nc2ccc(Cl)cc2CS1)C1CCN(CCCOCCc2ccc(F)cc2)CC1.O=C(O)/C=C/C(=O)O. The maximum absolute atomic E-state index is 12.9. The van der Waals surface area contributed by atoms with E-state index < -0.39 is 11.9 Å². The molecule has 0 aromatic heterocycles. The largest absolute Gasteiger partial charge is 0.478 e. The third kappa shape index (κ3) is 10.9. The van der Waals surface area contributed by atoms with E-state index in [9.17, 15) is 14.0 Å². The van der Waals surface area contributed by atoms with Crippen LogP contribution in [0.1, 0.15) is 30.4 Å². The highest BCUT2D eigenvalue weighted by atomic mass is 35.5. The van der Waals surface area contributed by atoms with Crippen LogP contribution in [0.5, 0.6) is 0 Å². The Morgan fingerprint density at radius 1 is 1.12 bits per heavy atom. The second-order valence-corrected chi connectivity index (χ2v) is 10.9. The summed E-state index contributed by atoms with van der Waals surface area (Å²) in [6.07, 6.45) is 5.32. The number of carbonyl (C=O) groups is 2. The number of nitrogens with zero attached hydrogens (tertiary/aromatic N) is 3. The van der Waals surface area contributed by atoms with Crippen molar-refractivity contribution in [2.24, 2.45) is 4.99 Å². The van der Waals surface area contributed by atoms with E-state index in [1.54, 1.807) is 11.8 Å². The van der Waals surface area contributed by atoms with Gasteiger partial charge in [0.25, 0.3) is 0 Å². The monoisotopic (exact) mass is 591 g/mol. The molecule has 0 unspecified atom stereocenters. The number of piperidine rings is 1. The van der Waals surface area contributed by atoms with Crippen LogP contribution in [0.3, 0.4) is 0 Å². The van der Waals surface area contributed by atoms with E-state index in [2.05, 4.69) is 16.8 Å². The van der Waals surface area contributed by atoms with Gasteiger partial charge in [-0.3, -0.25) is 0 Å². The van der Waals surface area contributed by atoms with Crippen molar-refractivity contribution >= 4 is 46.2 Å². The number of thioether (sulfide) groups is 1. The molecule has 0 saturated carbocycles. The van der Waals surface area contributed by atoms with Crippen LogP contribution in [-0.2, 0) is 26.5 Å². The lowest BCUT2D eigenvalue weighted by Crippen LogP contribution is -2.45. The van der Waals surface area contributed by atoms with Gasteiger partial charge in [-0.15, -0.1) is 0 Å². The van der Waals surface area contributed by atoms with Crippen LogP contribution in [0.25, 0.3) is 0 Å². The first-order valence-electron chi connectivity index (χ1n) is 13.1. The molecule has 11 heteroatoms. The van der Waals surface area contributed by atoms with Crippen molar-refractivity contribution in [2.75, 3.05) is 39.9 Å². The number of likely N-dealkylation sites (tertiary alicyclic amines) is 1. The second kappa shape index (κ2) is 16.4. The standard InChI is InChI=1S/C25H31ClFN3OS.C4H4O4/c1-29(25-28-24-8-5-21(26)17-20(24)18-32-25)23-9-13-30(14-10-23)12-2-15-31-16-11-19-3-6-22(27)7-4-19;5-3(6)1-2-4(7)8/h3-8,17,23H,2,9-16,18H2,1H3;1-2H,(H,5,6)(H,7,8)/b;2-1+. The summed E-state index contributed by atoms with van der Waals surface area (Å²) in [6.45, 7) is 4.78. The first-order chi connectivity index (χ1) is 19.2. The minimum absolute atomic E-state index is 0.189. The van der Waals surface area contributed by atoms with Gasteiger partial charge in [-0.05, 0) is 67.1 Å². The van der Waals surface area contributed by atoms with E-state index in [1.807, 2.05) is 30.3 Å². The van der Waals surface area contributed by atoms with Crippen molar-refractivity contribution in [3.63, 3.8) is 0 Å². The number of aliphatic carboxylic acids is 2. The van der Waals surface area contributed by atoms with E-state index in [-0.39, 0.29) is 5.82 Å². The Balaban J connectivity index is 0.000000482. The predicted molar refractivity (Wildman–Crippen MR) is 157 cm³/mol. The van der Waals surface area contributed by atoms with Gasteiger partial charge in [0, 0.05) is 62.3 Å². The lowest BCUT2D eigenvalue weighted by atomic mass is 10.0. The lowest BCUT2D eigenvalue weighted by Gasteiger charge is -2.38. The van der Waals surface area contributed by atoms with Crippen molar-refractivity contribution in [3.8, 4) is 0 Å². The molecule has 2 aliphatic heterocycles. The van der Waals surface area contributed by atoms with Gasteiger partial charge in [0.2, 0.25) is 0 Å². The van der Waals surface area contributed by atoms with E-state index >= 15 is 0 Å². The number of aliphatic imine (C=N–C) groups is 1. The van der Waals surface area contributed by atoms with Gasteiger partial charge in [0.1, 0.15) is 5.82 Å². The predicted octanol–water partition coefficient (Wildman–Crippen LogP) is 5.47. The van der Waals surface area contributed by atoms with Gasteiger partial charge in [0.05, 0.1) is 12.3 Å². The average Bonchev–Trinajstić information content (AvgIpc) is 2.95. The maximum atomic E-state index is 12.9. The highest BCUT2D eigenvalue weighted by molar-refractivity contribution is 8.13. The zero-order valence-electron chi connectivity index (χ0n) is 22.5. The van der Waals surface area contributed by atoms with Gasteiger partial charge in [-0.1, -0.05) is 35.5 Å². The number of carboxylic acid groups (broad SMARTS) is 2. The van der Waals surface area contributed by atoms with Crippen LogP contribution in [-0.4, -0.2) is 83.1 Å². The molecule has 2 aromatic carbocycles. The second-order valence-electron chi connectivity index (χ2n) is 9.49. The van der Waals surface area contributed by atoms with Crippen molar-refractivity contribution < 1.29 is 28.9 Å². The molecule has 40 heavy (non-hydrogen) atoms. The van der Waals surface area contributed by atoms with Crippen molar-refractivity contribution in [1.82, 2.24) is 9.80 Å². The number of benzene rings is 2. The van der Waals surface area contributed by atoms with Crippen molar-refractivity contribution in [2.45, 2.75) is 37.5 Å². The summed E-state index contributed by atoms with van der Waals surface area (Å²) in [6, 6.07) is 13.2. The summed E-state index contributed by atoms with van der Waals surface area (Å²) in [5, 5.41) is 17.5. The molecular formula is C29H35ClFN3O5S. The third-order valence-corrected chi connectivity index (χ3v) is 7.93. The van der Waals surface area contributed by atoms with Gasteiger partial charge in [-0.25, -0.2) is 19.0 Å². The molecule has 0 spiro atoms.